The zero-order chi connectivity index (χ0) is 13.3. The number of aromatic hydroxyl groups is 1. The Morgan fingerprint density at radius 3 is 2.89 bits per heavy atom. The van der Waals surface area contributed by atoms with Crippen molar-refractivity contribution < 1.29 is 9.90 Å². The van der Waals surface area contributed by atoms with Gasteiger partial charge in [-0.05, 0) is 37.0 Å². The van der Waals surface area contributed by atoms with Crippen molar-refractivity contribution in [2.45, 2.75) is 26.3 Å². The number of likely N-dealkylation sites (tertiary alicyclic amines) is 1. The summed E-state index contributed by atoms with van der Waals surface area (Å²) in [5, 5.41) is 9.67. The van der Waals surface area contributed by atoms with E-state index in [-0.39, 0.29) is 17.7 Å². The molecular formula is C14H20N2O2. The molecule has 3 N–H and O–H groups in total. The van der Waals surface area contributed by atoms with Crippen LogP contribution < -0.4 is 5.73 Å². The molecule has 2 rings (SSSR count). The molecule has 1 saturated heterocycles. The van der Waals surface area contributed by atoms with Crippen molar-refractivity contribution in [1.29, 1.82) is 0 Å². The molecule has 2 unspecified atom stereocenters. The van der Waals surface area contributed by atoms with Crippen LogP contribution in [0, 0.1) is 12.8 Å². The first-order valence-corrected chi connectivity index (χ1v) is 6.35. The molecule has 1 heterocycles. The number of carbonyl (C=O) groups excluding carboxylic acids is 1. The lowest BCUT2D eigenvalue weighted by molar-refractivity contribution is 0.0727. The highest BCUT2D eigenvalue weighted by atomic mass is 16.3. The molecule has 2 atom stereocenters. The van der Waals surface area contributed by atoms with Crippen LogP contribution in [0.15, 0.2) is 18.2 Å². The molecule has 1 aromatic rings. The van der Waals surface area contributed by atoms with Crippen LogP contribution in [0.25, 0.3) is 0 Å². The summed E-state index contributed by atoms with van der Waals surface area (Å²) in [6.45, 7) is 5.17. The van der Waals surface area contributed by atoms with Crippen LogP contribution in [0.2, 0.25) is 0 Å². The van der Waals surface area contributed by atoms with Crippen LogP contribution in [-0.4, -0.2) is 35.0 Å². The molecule has 1 aliphatic heterocycles. The standard InChI is InChI=1S/C14H20N2O2/c1-9-5-6-16(12(9)8-15)14(18)11-4-3-10(2)13(17)7-11/h3-4,7,9,12,17H,5-6,8,15H2,1-2H3. The summed E-state index contributed by atoms with van der Waals surface area (Å²) in [4.78, 5) is 14.2. The first-order chi connectivity index (χ1) is 8.54. The Labute approximate surface area is 107 Å². The average Bonchev–Trinajstić information content (AvgIpc) is 2.73. The SMILES string of the molecule is Cc1ccc(C(=O)N2CCC(C)C2CN)cc1O. The van der Waals surface area contributed by atoms with Crippen molar-refractivity contribution in [3.8, 4) is 5.75 Å². The second-order valence-electron chi connectivity index (χ2n) is 5.07. The monoisotopic (exact) mass is 248 g/mol. The molecule has 0 spiro atoms. The summed E-state index contributed by atoms with van der Waals surface area (Å²) in [6.07, 6.45) is 0.992. The number of nitrogens with two attached hydrogens (primary N) is 1. The lowest BCUT2D eigenvalue weighted by Gasteiger charge is -2.25. The number of rotatable bonds is 2. The molecular weight excluding hydrogens is 228 g/mol. The lowest BCUT2D eigenvalue weighted by atomic mass is 10.0. The van der Waals surface area contributed by atoms with E-state index in [2.05, 4.69) is 6.92 Å². The van der Waals surface area contributed by atoms with Crippen LogP contribution in [0.3, 0.4) is 0 Å². The maximum absolute atomic E-state index is 12.4. The van der Waals surface area contributed by atoms with Gasteiger partial charge < -0.3 is 15.7 Å². The van der Waals surface area contributed by atoms with Gasteiger partial charge in [-0.2, -0.15) is 0 Å². The van der Waals surface area contributed by atoms with Gasteiger partial charge in [-0.25, -0.2) is 0 Å². The van der Waals surface area contributed by atoms with Crippen molar-refractivity contribution in [3.05, 3.63) is 29.3 Å². The van der Waals surface area contributed by atoms with E-state index in [0.29, 0.717) is 18.0 Å². The Morgan fingerprint density at radius 1 is 1.56 bits per heavy atom. The first kappa shape index (κ1) is 12.9. The van der Waals surface area contributed by atoms with Gasteiger partial charge in [-0.3, -0.25) is 4.79 Å². The minimum absolute atomic E-state index is 0.0369. The van der Waals surface area contributed by atoms with E-state index >= 15 is 0 Å². The van der Waals surface area contributed by atoms with Gasteiger partial charge >= 0.3 is 0 Å². The topological polar surface area (TPSA) is 66.6 Å². The molecule has 18 heavy (non-hydrogen) atoms. The molecule has 0 aliphatic carbocycles. The summed E-state index contributed by atoms with van der Waals surface area (Å²) in [5.74, 6) is 0.570. The number of phenols is 1. The van der Waals surface area contributed by atoms with Crippen LogP contribution in [0.4, 0.5) is 0 Å². The third kappa shape index (κ3) is 2.20. The predicted octanol–water partition coefficient (Wildman–Crippen LogP) is 1.51. The molecule has 4 nitrogen and oxygen atoms in total. The Kier molecular flexibility index (Phi) is 3.57. The minimum Gasteiger partial charge on any atom is -0.508 e. The van der Waals surface area contributed by atoms with Gasteiger partial charge in [0.05, 0.1) is 0 Å². The van der Waals surface area contributed by atoms with E-state index in [9.17, 15) is 9.90 Å². The van der Waals surface area contributed by atoms with E-state index in [0.717, 1.165) is 18.5 Å². The van der Waals surface area contributed by atoms with Gasteiger partial charge in [0, 0.05) is 24.7 Å². The molecule has 98 valence electrons. The second-order valence-corrected chi connectivity index (χ2v) is 5.07. The molecule has 1 fully saturated rings. The summed E-state index contributed by atoms with van der Waals surface area (Å²) in [6, 6.07) is 5.17. The highest BCUT2D eigenvalue weighted by Crippen LogP contribution is 2.26. The minimum atomic E-state index is -0.0369. The molecule has 0 radical (unpaired) electrons. The van der Waals surface area contributed by atoms with E-state index in [1.54, 1.807) is 12.1 Å². The largest absolute Gasteiger partial charge is 0.508 e. The number of amides is 1. The predicted molar refractivity (Wildman–Crippen MR) is 70.5 cm³/mol. The van der Waals surface area contributed by atoms with Crippen LogP contribution in [0.1, 0.15) is 29.3 Å². The summed E-state index contributed by atoms with van der Waals surface area (Å²) in [5.41, 5.74) is 7.05. The van der Waals surface area contributed by atoms with Crippen molar-refractivity contribution in [2.75, 3.05) is 13.1 Å². The van der Waals surface area contributed by atoms with E-state index < -0.39 is 0 Å². The molecule has 0 saturated carbocycles. The van der Waals surface area contributed by atoms with Gasteiger partial charge in [0.25, 0.3) is 5.91 Å². The fraction of sp³-hybridized carbons (Fsp3) is 0.500. The van der Waals surface area contributed by atoms with Crippen molar-refractivity contribution in [3.63, 3.8) is 0 Å². The number of hydrogen-bond donors (Lipinski definition) is 2. The number of hydrogen-bond acceptors (Lipinski definition) is 3. The molecule has 0 bridgehead atoms. The number of phenolic OH excluding ortho intramolecular Hbond substituents is 1. The van der Waals surface area contributed by atoms with Gasteiger partial charge in [0.1, 0.15) is 5.75 Å². The summed E-state index contributed by atoms with van der Waals surface area (Å²) >= 11 is 0. The Balaban J connectivity index is 2.23. The number of benzene rings is 1. The first-order valence-electron chi connectivity index (χ1n) is 6.35. The van der Waals surface area contributed by atoms with Crippen LogP contribution in [0.5, 0.6) is 5.75 Å². The molecule has 0 aromatic heterocycles. The Hall–Kier alpha value is -1.55. The maximum Gasteiger partial charge on any atom is 0.254 e. The van der Waals surface area contributed by atoms with E-state index in [1.165, 1.54) is 6.07 Å². The smallest absolute Gasteiger partial charge is 0.254 e. The Morgan fingerprint density at radius 2 is 2.28 bits per heavy atom. The second kappa shape index (κ2) is 4.98. The summed E-state index contributed by atoms with van der Waals surface area (Å²) in [7, 11) is 0. The summed E-state index contributed by atoms with van der Waals surface area (Å²) < 4.78 is 0. The number of carbonyl (C=O) groups is 1. The van der Waals surface area contributed by atoms with Gasteiger partial charge in [0.2, 0.25) is 0 Å². The number of aryl methyl sites for hydroxylation is 1. The van der Waals surface area contributed by atoms with Gasteiger partial charge in [0.15, 0.2) is 0 Å². The maximum atomic E-state index is 12.4. The van der Waals surface area contributed by atoms with Crippen LogP contribution >= 0.6 is 0 Å². The lowest BCUT2D eigenvalue weighted by Crippen LogP contribution is -2.42. The van der Waals surface area contributed by atoms with Gasteiger partial charge in [-0.1, -0.05) is 13.0 Å². The molecule has 1 amide bonds. The van der Waals surface area contributed by atoms with E-state index in [1.807, 2.05) is 11.8 Å². The third-order valence-electron chi connectivity index (χ3n) is 3.84. The zero-order valence-electron chi connectivity index (χ0n) is 10.9. The van der Waals surface area contributed by atoms with Gasteiger partial charge in [-0.15, -0.1) is 0 Å². The fourth-order valence-corrected chi connectivity index (χ4v) is 2.53. The number of nitrogens with zero attached hydrogens (tertiary/aromatic N) is 1. The van der Waals surface area contributed by atoms with Crippen LogP contribution in [-0.2, 0) is 0 Å². The normalized spacial score (nSPS) is 23.4. The third-order valence-corrected chi connectivity index (χ3v) is 3.84. The van der Waals surface area contributed by atoms with Crippen molar-refractivity contribution >= 4 is 5.91 Å². The molecule has 1 aliphatic rings. The average molecular weight is 248 g/mol. The highest BCUT2D eigenvalue weighted by molar-refractivity contribution is 5.95. The van der Waals surface area contributed by atoms with Crippen molar-refractivity contribution in [2.24, 2.45) is 11.7 Å². The molecule has 1 aromatic carbocycles. The molecule has 4 heteroatoms. The highest BCUT2D eigenvalue weighted by Gasteiger charge is 2.33. The fourth-order valence-electron chi connectivity index (χ4n) is 2.53. The van der Waals surface area contributed by atoms with E-state index in [4.69, 9.17) is 5.73 Å². The quantitative estimate of drug-likeness (QED) is 0.833. The zero-order valence-corrected chi connectivity index (χ0v) is 10.9. The Bertz CT molecular complexity index is 459. The van der Waals surface area contributed by atoms with Crippen molar-refractivity contribution in [1.82, 2.24) is 4.90 Å².